The Kier molecular flexibility index (Phi) is 8.78. The van der Waals surface area contributed by atoms with Crippen molar-refractivity contribution in [2.24, 2.45) is 0 Å². The molecular formula is C55H40N2. The van der Waals surface area contributed by atoms with Gasteiger partial charge in [-0.05, 0) is 118 Å². The van der Waals surface area contributed by atoms with Crippen molar-refractivity contribution in [1.29, 1.82) is 0 Å². The van der Waals surface area contributed by atoms with Crippen LogP contribution < -0.4 is 4.90 Å². The number of benzene rings is 9. The van der Waals surface area contributed by atoms with Crippen LogP contribution >= 0.6 is 0 Å². The summed E-state index contributed by atoms with van der Waals surface area (Å²) in [6, 6.07) is 81.2. The van der Waals surface area contributed by atoms with Crippen molar-refractivity contribution in [3.8, 4) is 50.2 Å². The second kappa shape index (κ2) is 14.7. The first-order chi connectivity index (χ1) is 28.2. The predicted molar refractivity (Wildman–Crippen MR) is 242 cm³/mol. The van der Waals surface area contributed by atoms with Crippen molar-refractivity contribution in [3.05, 3.63) is 230 Å². The van der Waals surface area contributed by atoms with Gasteiger partial charge in [0, 0.05) is 33.5 Å². The Bertz CT molecular complexity index is 2920. The highest BCUT2D eigenvalue weighted by molar-refractivity contribution is 6.09. The average molecular weight is 729 g/mol. The van der Waals surface area contributed by atoms with E-state index in [1.54, 1.807) is 0 Å². The van der Waals surface area contributed by atoms with E-state index in [2.05, 4.69) is 241 Å². The van der Waals surface area contributed by atoms with E-state index < -0.39 is 0 Å². The van der Waals surface area contributed by atoms with Crippen molar-refractivity contribution >= 4 is 38.9 Å². The van der Waals surface area contributed by atoms with Gasteiger partial charge in [0.05, 0.1) is 11.0 Å². The molecule has 0 amide bonds. The van der Waals surface area contributed by atoms with Crippen LogP contribution in [0.15, 0.2) is 224 Å². The summed E-state index contributed by atoms with van der Waals surface area (Å²) >= 11 is 0. The molecule has 270 valence electrons. The van der Waals surface area contributed by atoms with E-state index in [4.69, 9.17) is 0 Å². The summed E-state index contributed by atoms with van der Waals surface area (Å²) in [4.78, 5) is 2.35. The molecule has 10 aromatic rings. The molecule has 0 bridgehead atoms. The molecule has 0 spiro atoms. The van der Waals surface area contributed by atoms with Crippen LogP contribution in [0, 0.1) is 6.92 Å². The van der Waals surface area contributed by atoms with Crippen molar-refractivity contribution in [2.45, 2.75) is 6.92 Å². The third-order valence-corrected chi connectivity index (χ3v) is 11.1. The molecule has 9 aromatic carbocycles. The Morgan fingerprint density at radius 3 is 1.18 bits per heavy atom. The number of rotatable bonds is 8. The van der Waals surface area contributed by atoms with Gasteiger partial charge in [-0.3, -0.25) is 0 Å². The maximum atomic E-state index is 2.38. The Balaban J connectivity index is 1.01. The molecule has 10 rings (SSSR count). The van der Waals surface area contributed by atoms with E-state index in [0.29, 0.717) is 0 Å². The lowest BCUT2D eigenvalue weighted by Crippen LogP contribution is -2.09. The molecular weight excluding hydrogens is 689 g/mol. The number of hydrogen-bond acceptors (Lipinski definition) is 1. The van der Waals surface area contributed by atoms with E-state index in [1.165, 1.54) is 71.9 Å². The maximum absolute atomic E-state index is 2.38. The van der Waals surface area contributed by atoms with Crippen LogP contribution in [0.3, 0.4) is 0 Å². The van der Waals surface area contributed by atoms with Crippen LogP contribution in [0.1, 0.15) is 5.56 Å². The smallest absolute Gasteiger partial charge is 0.0541 e. The van der Waals surface area contributed by atoms with Gasteiger partial charge in [-0.1, -0.05) is 163 Å². The van der Waals surface area contributed by atoms with Crippen molar-refractivity contribution in [3.63, 3.8) is 0 Å². The monoisotopic (exact) mass is 728 g/mol. The van der Waals surface area contributed by atoms with Crippen LogP contribution in [0.4, 0.5) is 17.1 Å². The lowest BCUT2D eigenvalue weighted by atomic mass is 9.98. The first-order valence-corrected chi connectivity index (χ1v) is 19.6. The van der Waals surface area contributed by atoms with Gasteiger partial charge in [0.15, 0.2) is 0 Å². The first kappa shape index (κ1) is 34.1. The minimum atomic E-state index is 1.10. The van der Waals surface area contributed by atoms with Gasteiger partial charge in [-0.15, -0.1) is 0 Å². The van der Waals surface area contributed by atoms with Gasteiger partial charge in [0.25, 0.3) is 0 Å². The third kappa shape index (κ3) is 6.58. The van der Waals surface area contributed by atoms with Gasteiger partial charge >= 0.3 is 0 Å². The van der Waals surface area contributed by atoms with Gasteiger partial charge in [-0.25, -0.2) is 0 Å². The molecule has 57 heavy (non-hydrogen) atoms. The summed E-state index contributed by atoms with van der Waals surface area (Å²) in [5.41, 5.74) is 17.7. The Labute approximate surface area is 334 Å². The molecule has 0 unspecified atom stereocenters. The summed E-state index contributed by atoms with van der Waals surface area (Å²) in [7, 11) is 0. The van der Waals surface area contributed by atoms with E-state index in [-0.39, 0.29) is 0 Å². The minimum absolute atomic E-state index is 1.10. The highest BCUT2D eigenvalue weighted by Gasteiger charge is 2.16. The summed E-state index contributed by atoms with van der Waals surface area (Å²) in [5, 5.41) is 2.53. The first-order valence-electron chi connectivity index (χ1n) is 19.6. The fourth-order valence-corrected chi connectivity index (χ4v) is 8.14. The molecule has 1 heterocycles. The van der Waals surface area contributed by atoms with Crippen LogP contribution in [-0.4, -0.2) is 4.57 Å². The molecule has 0 saturated heterocycles. The number of hydrogen-bond donors (Lipinski definition) is 0. The van der Waals surface area contributed by atoms with Gasteiger partial charge in [-0.2, -0.15) is 0 Å². The van der Waals surface area contributed by atoms with Crippen LogP contribution in [0.5, 0.6) is 0 Å². The third-order valence-electron chi connectivity index (χ3n) is 11.1. The molecule has 2 heteroatoms. The standard InChI is InChI=1S/C55H40N2/c1-39-21-23-41(24-22-39)42-25-31-48(32-26-42)56(49-33-27-43(28-34-49)46-14-9-13-45(37-46)40-11-3-2-4-12-40)50-35-29-44(30-36-50)47-15-10-16-51(38-47)57-54-19-7-5-17-52(54)53-18-6-8-20-55(53)57/h2-38H,1H3. The van der Waals surface area contributed by atoms with E-state index in [9.17, 15) is 0 Å². The fourth-order valence-electron chi connectivity index (χ4n) is 8.14. The Hall–Kier alpha value is -7.42. The second-order valence-electron chi connectivity index (χ2n) is 14.7. The van der Waals surface area contributed by atoms with Crippen LogP contribution in [0.25, 0.3) is 72.0 Å². The Morgan fingerprint density at radius 2 is 0.667 bits per heavy atom. The van der Waals surface area contributed by atoms with Gasteiger partial charge in [0.2, 0.25) is 0 Å². The van der Waals surface area contributed by atoms with Crippen molar-refractivity contribution in [1.82, 2.24) is 4.57 Å². The highest BCUT2D eigenvalue weighted by atomic mass is 15.1. The summed E-state index contributed by atoms with van der Waals surface area (Å²) in [5.74, 6) is 0. The zero-order valence-electron chi connectivity index (χ0n) is 31.8. The molecule has 0 aliphatic carbocycles. The quantitative estimate of drug-likeness (QED) is 0.151. The van der Waals surface area contributed by atoms with Crippen molar-refractivity contribution < 1.29 is 0 Å². The van der Waals surface area contributed by atoms with E-state index in [0.717, 1.165) is 22.7 Å². The molecule has 0 radical (unpaired) electrons. The zero-order chi connectivity index (χ0) is 38.1. The molecule has 0 aliphatic rings. The number of fused-ring (bicyclic) bond motifs is 3. The molecule has 2 nitrogen and oxygen atoms in total. The molecule has 0 saturated carbocycles. The number of para-hydroxylation sites is 2. The molecule has 0 aliphatic heterocycles. The normalized spacial score (nSPS) is 11.2. The predicted octanol–water partition coefficient (Wildman–Crippen LogP) is 15.2. The van der Waals surface area contributed by atoms with Crippen LogP contribution in [0.2, 0.25) is 0 Å². The number of anilines is 3. The second-order valence-corrected chi connectivity index (χ2v) is 14.7. The fraction of sp³-hybridized carbons (Fsp3) is 0.0182. The van der Waals surface area contributed by atoms with Crippen molar-refractivity contribution in [2.75, 3.05) is 4.90 Å². The molecule has 0 fully saturated rings. The highest BCUT2D eigenvalue weighted by Crippen LogP contribution is 2.39. The van der Waals surface area contributed by atoms with Gasteiger partial charge in [0.1, 0.15) is 0 Å². The summed E-state index contributed by atoms with van der Waals surface area (Å²) in [6.07, 6.45) is 0. The molecule has 0 N–H and O–H groups in total. The summed E-state index contributed by atoms with van der Waals surface area (Å²) in [6.45, 7) is 2.13. The topological polar surface area (TPSA) is 8.17 Å². The largest absolute Gasteiger partial charge is 0.311 e. The SMILES string of the molecule is Cc1ccc(-c2ccc(N(c3ccc(-c4cccc(-c5ccccc5)c4)cc3)c3ccc(-c4cccc(-n5c6ccccc6c6ccccc65)c4)cc3)cc2)cc1. The minimum Gasteiger partial charge on any atom is -0.311 e. The number of nitrogens with zero attached hydrogens (tertiary/aromatic N) is 2. The van der Waals surface area contributed by atoms with Gasteiger partial charge < -0.3 is 9.47 Å². The molecule has 1 aromatic heterocycles. The molecule has 0 atom stereocenters. The average Bonchev–Trinajstić information content (AvgIpc) is 3.62. The van der Waals surface area contributed by atoms with E-state index >= 15 is 0 Å². The lowest BCUT2D eigenvalue weighted by molar-refractivity contribution is 1.18. The maximum Gasteiger partial charge on any atom is 0.0541 e. The lowest BCUT2D eigenvalue weighted by Gasteiger charge is -2.26. The number of aromatic nitrogens is 1. The zero-order valence-corrected chi connectivity index (χ0v) is 31.8. The van der Waals surface area contributed by atoms with E-state index in [1.807, 2.05) is 0 Å². The summed E-state index contributed by atoms with van der Waals surface area (Å²) < 4.78 is 2.38. The Morgan fingerprint density at radius 1 is 0.298 bits per heavy atom. The van der Waals surface area contributed by atoms with Crippen LogP contribution in [-0.2, 0) is 0 Å². The number of aryl methyl sites for hydroxylation is 1.